The van der Waals surface area contributed by atoms with Gasteiger partial charge in [0.15, 0.2) is 0 Å². The molecule has 2 aromatic rings. The van der Waals surface area contributed by atoms with Crippen molar-refractivity contribution in [3.8, 4) is 0 Å². The van der Waals surface area contributed by atoms with Crippen LogP contribution < -0.4 is 10.2 Å². The van der Waals surface area contributed by atoms with E-state index in [-0.39, 0.29) is 39.1 Å². The number of esters is 1. The third kappa shape index (κ3) is 5.82. The fourth-order valence-electron chi connectivity index (χ4n) is 6.79. The fourth-order valence-corrected chi connectivity index (χ4v) is 7.65. The number of ether oxygens (including phenoxy) is 2. The third-order valence-electron chi connectivity index (χ3n) is 8.82. The molecule has 236 valence electrons. The van der Waals surface area contributed by atoms with Gasteiger partial charge in [0.2, 0.25) is 11.8 Å². The lowest BCUT2D eigenvalue weighted by atomic mass is 9.74. The Labute approximate surface area is 274 Å². The Hall–Kier alpha value is -3.51. The molecule has 6 rings (SSSR count). The monoisotopic (exact) mass is 697 g/mol. The van der Waals surface area contributed by atoms with Gasteiger partial charge in [-0.05, 0) is 48.7 Å². The van der Waals surface area contributed by atoms with Crippen LogP contribution in [-0.2, 0) is 28.7 Å². The van der Waals surface area contributed by atoms with Crippen molar-refractivity contribution in [1.29, 1.82) is 0 Å². The van der Waals surface area contributed by atoms with Gasteiger partial charge in [-0.15, -0.1) is 0 Å². The van der Waals surface area contributed by atoms with Gasteiger partial charge in [0.1, 0.15) is 24.4 Å². The first kappa shape index (κ1) is 31.5. The zero-order chi connectivity index (χ0) is 31.7. The molecule has 0 aromatic heterocycles. The highest BCUT2D eigenvalue weighted by Crippen LogP contribution is 2.58. The molecular weight excluding hydrogens is 666 g/mol. The lowest BCUT2D eigenvalue weighted by Gasteiger charge is -2.35. The number of aliphatic hydroxyl groups excluding tert-OH is 1. The average molecular weight is 699 g/mol. The summed E-state index contributed by atoms with van der Waals surface area (Å²) in [5.74, 6) is -3.63. The molecule has 4 aliphatic heterocycles. The van der Waals surface area contributed by atoms with Gasteiger partial charge in [-0.25, -0.2) is 0 Å². The molecule has 2 saturated heterocycles. The molecule has 2 fully saturated rings. The minimum absolute atomic E-state index is 0.0919. The predicted molar refractivity (Wildman–Crippen MR) is 169 cm³/mol. The zero-order valence-electron chi connectivity index (χ0n) is 24.3. The highest BCUT2D eigenvalue weighted by atomic mass is 79.9. The average Bonchev–Trinajstić information content (AvgIpc) is 3.63. The number of nitrogens with one attached hydrogen (secondary N) is 1. The zero-order valence-corrected chi connectivity index (χ0v) is 26.7. The molecule has 2 aromatic carbocycles. The summed E-state index contributed by atoms with van der Waals surface area (Å²) in [5.41, 5.74) is -0.137. The molecule has 6 atom stereocenters. The normalized spacial score (nSPS) is 31.0. The lowest BCUT2D eigenvalue weighted by Crippen LogP contribution is -2.56. The van der Waals surface area contributed by atoms with Crippen LogP contribution in [-0.4, -0.2) is 77.7 Å². The highest BCUT2D eigenvalue weighted by molar-refractivity contribution is 9.11. The van der Waals surface area contributed by atoms with E-state index in [9.17, 15) is 24.3 Å². The summed E-state index contributed by atoms with van der Waals surface area (Å²) in [4.78, 5) is 58.8. The summed E-state index contributed by atoms with van der Waals surface area (Å²) in [5, 5.41) is 13.2. The van der Waals surface area contributed by atoms with E-state index in [0.717, 1.165) is 5.56 Å². The molecule has 0 radical (unpaired) electrons. The number of likely N-dealkylation sites (tertiary alicyclic amines) is 1. The number of allylic oxidation sites excluding steroid dienone is 1. The van der Waals surface area contributed by atoms with E-state index in [1.165, 1.54) is 4.90 Å². The van der Waals surface area contributed by atoms with Crippen LogP contribution in [0.15, 0.2) is 77.3 Å². The summed E-state index contributed by atoms with van der Waals surface area (Å²) >= 11 is 9.73. The number of hydrogen-bond acceptors (Lipinski definition) is 7. The van der Waals surface area contributed by atoms with E-state index in [0.29, 0.717) is 21.6 Å². The summed E-state index contributed by atoms with van der Waals surface area (Å²) in [6, 6.07) is 14.2. The summed E-state index contributed by atoms with van der Waals surface area (Å²) in [7, 11) is 0. The predicted octanol–water partition coefficient (Wildman–Crippen LogP) is 3.68. The second kappa shape index (κ2) is 13.1. The van der Waals surface area contributed by atoms with E-state index < -0.39 is 59.3 Å². The van der Waals surface area contributed by atoms with Gasteiger partial charge in [0.25, 0.3) is 5.91 Å². The van der Waals surface area contributed by atoms with Gasteiger partial charge in [0, 0.05) is 41.3 Å². The molecule has 0 saturated carbocycles. The highest BCUT2D eigenvalue weighted by Gasteiger charge is 2.74. The molecule has 0 unspecified atom stereocenters. The van der Waals surface area contributed by atoms with E-state index in [4.69, 9.17) is 21.1 Å². The largest absolute Gasteiger partial charge is 0.463 e. The van der Waals surface area contributed by atoms with Crippen molar-refractivity contribution in [2.24, 2.45) is 11.8 Å². The van der Waals surface area contributed by atoms with Crippen molar-refractivity contribution < 1.29 is 33.8 Å². The smallest absolute Gasteiger partial charge is 0.306 e. The number of benzene rings is 2. The van der Waals surface area contributed by atoms with Crippen molar-refractivity contribution in [1.82, 2.24) is 10.2 Å². The van der Waals surface area contributed by atoms with Crippen LogP contribution in [0.1, 0.15) is 30.9 Å². The number of rotatable bonds is 5. The SMILES string of the molecule is O=C1CC/C=C\CN(c2ccc(Cl)cc2)C(=O)[C@H]2N(CCCO)C(=O)[C@@H]3[C@@H](C(=O)N[C@@H](c4ccccc4)CO1)[C@@H]1O[C@@]32C=C1Br. The van der Waals surface area contributed by atoms with Gasteiger partial charge in [0.05, 0.1) is 17.9 Å². The Morgan fingerprint density at radius 1 is 1.02 bits per heavy atom. The van der Waals surface area contributed by atoms with Crippen molar-refractivity contribution in [3.63, 3.8) is 0 Å². The quantitative estimate of drug-likeness (QED) is 0.361. The Morgan fingerprint density at radius 2 is 1.78 bits per heavy atom. The standard InChI is InChI=1S/C33H33BrClN3O7/c34-23-18-33-27-26(28(23)45-33)30(41)36-24(20-8-3-1-4-9-20)19-44-25(40)10-5-2-6-15-37(22-13-11-21(35)12-14-22)32(43)29(33)38(31(27)42)16-7-17-39/h1-4,6,8-9,11-14,18,24,26-29,39H,5,7,10,15-17,19H2,(H,36,41)/b6-2-/t24-,26-,27+,28-,29-,33+/m1/s1. The van der Waals surface area contributed by atoms with Crippen molar-refractivity contribution in [2.45, 2.75) is 43.1 Å². The molecule has 12 heteroatoms. The number of carbonyl (C=O) groups excluding carboxylic acids is 4. The number of fused-ring (bicyclic) bond motifs is 2. The van der Waals surface area contributed by atoms with Crippen molar-refractivity contribution >= 4 is 56.9 Å². The second-order valence-corrected chi connectivity index (χ2v) is 12.9. The fraction of sp³-hybridized carbons (Fsp3) is 0.394. The van der Waals surface area contributed by atoms with Crippen LogP contribution in [0.4, 0.5) is 5.69 Å². The molecule has 1 spiro atoms. The van der Waals surface area contributed by atoms with E-state index in [2.05, 4.69) is 21.2 Å². The number of amides is 3. The Bertz CT molecular complexity index is 1530. The Kier molecular flexibility index (Phi) is 9.15. The molecule has 10 nitrogen and oxygen atoms in total. The summed E-state index contributed by atoms with van der Waals surface area (Å²) in [6.07, 6.45) is 5.30. The maximum absolute atomic E-state index is 14.7. The molecule has 45 heavy (non-hydrogen) atoms. The van der Waals surface area contributed by atoms with Crippen LogP contribution in [0.25, 0.3) is 0 Å². The molecular formula is C33H33BrClN3O7. The van der Waals surface area contributed by atoms with Crippen LogP contribution in [0, 0.1) is 11.8 Å². The number of aliphatic hydroxyl groups is 1. The molecule has 2 N–H and O–H groups in total. The summed E-state index contributed by atoms with van der Waals surface area (Å²) in [6.45, 7) is -0.0322. The van der Waals surface area contributed by atoms with Gasteiger partial charge in [-0.3, -0.25) is 19.2 Å². The van der Waals surface area contributed by atoms with E-state index >= 15 is 0 Å². The molecule has 3 amide bonds. The summed E-state index contributed by atoms with van der Waals surface area (Å²) < 4.78 is 12.7. The van der Waals surface area contributed by atoms with Gasteiger partial charge in [-0.2, -0.15) is 0 Å². The van der Waals surface area contributed by atoms with Gasteiger partial charge >= 0.3 is 5.97 Å². The van der Waals surface area contributed by atoms with E-state index in [1.54, 1.807) is 47.4 Å². The minimum atomic E-state index is -1.42. The van der Waals surface area contributed by atoms with Gasteiger partial charge < -0.3 is 29.7 Å². The maximum atomic E-state index is 14.7. The number of halogens is 2. The van der Waals surface area contributed by atoms with Crippen molar-refractivity contribution in [3.05, 3.63) is 87.9 Å². The number of nitrogens with zero attached hydrogens (tertiary/aromatic N) is 2. The van der Waals surface area contributed by atoms with Crippen LogP contribution >= 0.6 is 27.5 Å². The van der Waals surface area contributed by atoms with Gasteiger partial charge in [-0.1, -0.05) is 70.0 Å². The number of carbonyl (C=O) groups is 4. The first-order valence-electron chi connectivity index (χ1n) is 15.0. The first-order chi connectivity index (χ1) is 21.7. The van der Waals surface area contributed by atoms with Crippen LogP contribution in [0.3, 0.4) is 0 Å². The first-order valence-corrected chi connectivity index (χ1v) is 16.1. The minimum Gasteiger partial charge on any atom is -0.463 e. The molecule has 0 aliphatic carbocycles. The second-order valence-electron chi connectivity index (χ2n) is 11.5. The Morgan fingerprint density at radius 3 is 2.51 bits per heavy atom. The third-order valence-corrected chi connectivity index (χ3v) is 9.76. The Balaban J connectivity index is 1.44. The molecule has 5 bridgehead atoms. The maximum Gasteiger partial charge on any atom is 0.306 e. The van der Waals surface area contributed by atoms with Crippen LogP contribution in [0.2, 0.25) is 5.02 Å². The van der Waals surface area contributed by atoms with Crippen molar-refractivity contribution in [2.75, 3.05) is 31.2 Å². The number of cyclic esters (lactones) is 1. The number of anilines is 1. The lowest BCUT2D eigenvalue weighted by molar-refractivity contribution is -0.145. The molecule has 4 heterocycles. The molecule has 4 aliphatic rings. The van der Waals surface area contributed by atoms with Crippen LogP contribution in [0.5, 0.6) is 0 Å². The number of hydrogen-bond donors (Lipinski definition) is 2. The topological polar surface area (TPSA) is 125 Å². The van der Waals surface area contributed by atoms with E-state index in [1.807, 2.05) is 30.3 Å².